The predicted octanol–water partition coefficient (Wildman–Crippen LogP) is 3.36. The molecule has 1 spiro atoms. The zero-order valence-electron chi connectivity index (χ0n) is 23.5. The molecular formula is C30H41N3O5S2. The number of amides is 1. The summed E-state index contributed by atoms with van der Waals surface area (Å²) in [4.78, 5) is 18.2. The van der Waals surface area contributed by atoms with Crippen LogP contribution in [0, 0.1) is 11.3 Å². The van der Waals surface area contributed by atoms with Crippen molar-refractivity contribution >= 4 is 25.8 Å². The molecule has 3 fully saturated rings. The second-order valence-electron chi connectivity index (χ2n) is 11.9. The van der Waals surface area contributed by atoms with Crippen LogP contribution in [0.4, 0.5) is 0 Å². The molecular weight excluding hydrogens is 546 g/mol. The van der Waals surface area contributed by atoms with Crippen LogP contribution >= 0.6 is 0 Å². The average Bonchev–Trinajstić information content (AvgIpc) is 3.48. The third kappa shape index (κ3) is 6.15. The fourth-order valence-electron chi connectivity index (χ4n) is 6.77. The van der Waals surface area contributed by atoms with Crippen molar-refractivity contribution in [1.82, 2.24) is 14.1 Å². The van der Waals surface area contributed by atoms with E-state index in [2.05, 4.69) is 17.0 Å². The fourth-order valence-corrected chi connectivity index (χ4v) is 8.98. The molecule has 0 radical (unpaired) electrons. The number of likely N-dealkylation sites (tertiary alicyclic amines) is 2. The summed E-state index contributed by atoms with van der Waals surface area (Å²) in [5.74, 6) is 0.780. The van der Waals surface area contributed by atoms with Crippen molar-refractivity contribution in [3.63, 3.8) is 0 Å². The molecule has 3 aliphatic rings. The highest BCUT2D eigenvalue weighted by atomic mass is 32.2. The summed E-state index contributed by atoms with van der Waals surface area (Å²) in [5, 5.41) is 0. The van der Waals surface area contributed by atoms with Crippen molar-refractivity contribution in [3.05, 3.63) is 65.7 Å². The lowest BCUT2D eigenvalue weighted by Gasteiger charge is -2.39. The van der Waals surface area contributed by atoms with Crippen molar-refractivity contribution in [2.45, 2.75) is 50.0 Å². The van der Waals surface area contributed by atoms with Crippen LogP contribution < -0.4 is 0 Å². The Hall–Kier alpha value is -2.27. The van der Waals surface area contributed by atoms with E-state index in [0.29, 0.717) is 26.1 Å². The molecule has 0 aromatic heterocycles. The van der Waals surface area contributed by atoms with Gasteiger partial charge in [0, 0.05) is 44.9 Å². The number of sulfone groups is 1. The van der Waals surface area contributed by atoms with Crippen LogP contribution in [0.3, 0.4) is 0 Å². The van der Waals surface area contributed by atoms with E-state index in [1.165, 1.54) is 11.8 Å². The maximum atomic E-state index is 13.6. The van der Waals surface area contributed by atoms with Gasteiger partial charge in [-0.05, 0) is 68.0 Å². The van der Waals surface area contributed by atoms with Crippen molar-refractivity contribution in [3.8, 4) is 0 Å². The van der Waals surface area contributed by atoms with Gasteiger partial charge in [-0.15, -0.1) is 0 Å². The smallest absolute Gasteiger partial charge is 0.229 e. The van der Waals surface area contributed by atoms with Gasteiger partial charge < -0.3 is 9.80 Å². The standard InChI is InChI=1S/C30H41N3O5S2/c1-3-19-40(37,38)33-22-26(28(23-33)25-7-5-4-6-8-25)21-31-16-13-30(14-17-31)15-18-32(29(30)34)20-24-9-11-27(12-10-24)39(2,35)36/h4-12,26,28H,3,13-23H2,1-2H3/t26-,28+/m0/s1. The first-order valence-corrected chi connectivity index (χ1v) is 17.8. The summed E-state index contributed by atoms with van der Waals surface area (Å²) in [7, 11) is -6.50. The molecule has 0 bridgehead atoms. The topological polar surface area (TPSA) is 95.1 Å². The first-order valence-electron chi connectivity index (χ1n) is 14.3. The van der Waals surface area contributed by atoms with Gasteiger partial charge in [0.1, 0.15) is 0 Å². The van der Waals surface area contributed by atoms with Gasteiger partial charge >= 0.3 is 0 Å². The van der Waals surface area contributed by atoms with Crippen LogP contribution in [-0.2, 0) is 31.2 Å². The lowest BCUT2D eigenvalue weighted by Crippen LogP contribution is -2.46. The van der Waals surface area contributed by atoms with E-state index < -0.39 is 19.9 Å². The van der Waals surface area contributed by atoms with Crippen LogP contribution in [0.5, 0.6) is 0 Å². The molecule has 1 amide bonds. The van der Waals surface area contributed by atoms with Crippen LogP contribution in [0.15, 0.2) is 59.5 Å². The second-order valence-corrected chi connectivity index (χ2v) is 16.0. The Morgan fingerprint density at radius 1 is 0.875 bits per heavy atom. The Balaban J connectivity index is 1.21. The first kappa shape index (κ1) is 29.2. The van der Waals surface area contributed by atoms with E-state index in [4.69, 9.17) is 0 Å². The summed E-state index contributed by atoms with van der Waals surface area (Å²) in [6.07, 6.45) is 4.29. The van der Waals surface area contributed by atoms with E-state index in [1.54, 1.807) is 28.6 Å². The zero-order chi connectivity index (χ0) is 28.5. The zero-order valence-corrected chi connectivity index (χ0v) is 25.2. The lowest BCUT2D eigenvalue weighted by atomic mass is 9.76. The van der Waals surface area contributed by atoms with E-state index in [1.807, 2.05) is 30.0 Å². The number of nitrogens with zero attached hydrogens (tertiary/aromatic N) is 3. The molecule has 3 heterocycles. The van der Waals surface area contributed by atoms with Crippen molar-refractivity contribution in [2.75, 3.05) is 51.3 Å². The third-order valence-electron chi connectivity index (χ3n) is 9.12. The fraction of sp³-hybridized carbons (Fsp3) is 0.567. The predicted molar refractivity (Wildman–Crippen MR) is 156 cm³/mol. The number of carbonyl (C=O) groups excluding carboxylic acids is 1. The number of hydrogen-bond acceptors (Lipinski definition) is 6. The minimum Gasteiger partial charge on any atom is -0.338 e. The van der Waals surface area contributed by atoms with Crippen molar-refractivity contribution in [1.29, 1.82) is 0 Å². The van der Waals surface area contributed by atoms with Crippen LogP contribution in [0.2, 0.25) is 0 Å². The van der Waals surface area contributed by atoms with Crippen LogP contribution in [-0.4, -0.2) is 88.1 Å². The Morgan fingerprint density at radius 3 is 2.15 bits per heavy atom. The van der Waals surface area contributed by atoms with Gasteiger partial charge in [-0.1, -0.05) is 49.4 Å². The SMILES string of the molecule is CCCS(=O)(=O)N1C[C@H](CN2CCC3(CC2)CCN(Cc2ccc(S(C)(=O)=O)cc2)C3=O)[C@@H](c2ccccc2)C1. The van der Waals surface area contributed by atoms with E-state index in [-0.39, 0.29) is 33.8 Å². The Labute approximate surface area is 239 Å². The summed E-state index contributed by atoms with van der Waals surface area (Å²) in [5.41, 5.74) is 1.81. The highest BCUT2D eigenvalue weighted by Crippen LogP contribution is 2.43. The van der Waals surface area contributed by atoms with Gasteiger partial charge in [-0.3, -0.25) is 4.79 Å². The Bertz CT molecular complexity index is 1400. The van der Waals surface area contributed by atoms with E-state index in [0.717, 1.165) is 51.0 Å². The van der Waals surface area contributed by atoms with Gasteiger partial charge in [0.15, 0.2) is 9.84 Å². The third-order valence-corrected chi connectivity index (χ3v) is 12.3. The van der Waals surface area contributed by atoms with Gasteiger partial charge in [0.05, 0.1) is 16.1 Å². The molecule has 10 heteroatoms. The maximum absolute atomic E-state index is 13.6. The minimum absolute atomic E-state index is 0.168. The number of benzene rings is 2. The summed E-state index contributed by atoms with van der Waals surface area (Å²) >= 11 is 0. The van der Waals surface area contributed by atoms with Gasteiger partial charge in [-0.25, -0.2) is 21.1 Å². The number of carbonyl (C=O) groups is 1. The molecule has 0 N–H and O–H groups in total. The van der Waals surface area contributed by atoms with Crippen LogP contribution in [0.1, 0.15) is 49.7 Å². The quantitative estimate of drug-likeness (QED) is 0.447. The molecule has 0 aliphatic carbocycles. The highest BCUT2D eigenvalue weighted by Gasteiger charge is 2.48. The summed E-state index contributed by atoms with van der Waals surface area (Å²) < 4.78 is 51.1. The summed E-state index contributed by atoms with van der Waals surface area (Å²) in [6.45, 7) is 6.71. The molecule has 40 heavy (non-hydrogen) atoms. The molecule has 0 saturated carbocycles. The van der Waals surface area contributed by atoms with E-state index >= 15 is 0 Å². The number of piperidine rings is 1. The number of rotatable bonds is 9. The summed E-state index contributed by atoms with van der Waals surface area (Å²) in [6, 6.07) is 17.1. The van der Waals surface area contributed by atoms with E-state index in [9.17, 15) is 21.6 Å². The molecule has 0 unspecified atom stereocenters. The largest absolute Gasteiger partial charge is 0.338 e. The maximum Gasteiger partial charge on any atom is 0.229 e. The Morgan fingerprint density at radius 2 is 1.52 bits per heavy atom. The molecule has 8 nitrogen and oxygen atoms in total. The van der Waals surface area contributed by atoms with Crippen molar-refractivity contribution < 1.29 is 21.6 Å². The molecule has 2 aromatic carbocycles. The molecule has 218 valence electrons. The average molecular weight is 588 g/mol. The normalized spacial score (nSPS) is 24.2. The van der Waals surface area contributed by atoms with Gasteiger partial charge in [-0.2, -0.15) is 0 Å². The molecule has 3 aliphatic heterocycles. The van der Waals surface area contributed by atoms with Crippen LogP contribution in [0.25, 0.3) is 0 Å². The molecule has 3 saturated heterocycles. The second kappa shape index (κ2) is 11.5. The molecule has 5 rings (SSSR count). The van der Waals surface area contributed by atoms with Crippen molar-refractivity contribution in [2.24, 2.45) is 11.3 Å². The minimum atomic E-state index is -3.26. The first-order chi connectivity index (χ1) is 19.0. The van der Waals surface area contributed by atoms with Gasteiger partial charge in [0.2, 0.25) is 15.9 Å². The monoisotopic (exact) mass is 587 g/mol. The molecule has 2 atom stereocenters. The highest BCUT2D eigenvalue weighted by molar-refractivity contribution is 7.90. The molecule has 2 aromatic rings. The lowest BCUT2D eigenvalue weighted by molar-refractivity contribution is -0.139. The number of sulfonamides is 1. The van der Waals surface area contributed by atoms with Gasteiger partial charge in [0.25, 0.3) is 0 Å². The number of hydrogen-bond donors (Lipinski definition) is 0. The Kier molecular flexibility index (Phi) is 8.44.